The fourth-order valence-corrected chi connectivity index (χ4v) is 2.14. The lowest BCUT2D eigenvalue weighted by Crippen LogP contribution is -2.19. The number of hydrogen-bond acceptors (Lipinski definition) is 3. The lowest BCUT2D eigenvalue weighted by Gasteiger charge is -2.22. The van der Waals surface area contributed by atoms with E-state index in [1.54, 1.807) is 0 Å². The quantitative estimate of drug-likeness (QED) is 0.579. The number of hydrogen-bond donors (Lipinski definition) is 0. The van der Waals surface area contributed by atoms with E-state index in [2.05, 4.69) is 6.07 Å². The summed E-state index contributed by atoms with van der Waals surface area (Å²) in [6.45, 7) is 2.65. The van der Waals surface area contributed by atoms with E-state index >= 15 is 0 Å². The molecule has 1 rings (SSSR count). The Kier molecular flexibility index (Phi) is 8.99. The van der Waals surface area contributed by atoms with Gasteiger partial charge in [0, 0.05) is 26.2 Å². The topological polar surface area (TPSA) is 42.2 Å². The SMILES string of the molecule is N#CCCCCCOCCCC1CCCCO1. The van der Waals surface area contributed by atoms with Gasteiger partial charge in [0.2, 0.25) is 0 Å². The minimum absolute atomic E-state index is 0.489. The van der Waals surface area contributed by atoms with Gasteiger partial charge in [0.25, 0.3) is 0 Å². The molecule has 3 nitrogen and oxygen atoms in total. The lowest BCUT2D eigenvalue weighted by molar-refractivity contribution is 0.00453. The molecule has 1 heterocycles. The van der Waals surface area contributed by atoms with Crippen LogP contribution in [0.5, 0.6) is 0 Å². The van der Waals surface area contributed by atoms with Gasteiger partial charge in [0.05, 0.1) is 12.2 Å². The Morgan fingerprint density at radius 1 is 1.12 bits per heavy atom. The smallest absolute Gasteiger partial charge is 0.0621 e. The maximum atomic E-state index is 8.37. The molecule has 0 aliphatic carbocycles. The van der Waals surface area contributed by atoms with E-state index < -0.39 is 0 Å². The van der Waals surface area contributed by atoms with Crippen molar-refractivity contribution in [1.82, 2.24) is 0 Å². The van der Waals surface area contributed by atoms with E-state index in [1.807, 2.05) is 0 Å². The third-order valence-electron chi connectivity index (χ3n) is 3.17. The van der Waals surface area contributed by atoms with Crippen LogP contribution >= 0.6 is 0 Å². The minimum atomic E-state index is 0.489. The zero-order valence-electron chi connectivity index (χ0n) is 10.8. The first kappa shape index (κ1) is 14.5. The second-order valence-corrected chi connectivity index (χ2v) is 4.71. The zero-order valence-corrected chi connectivity index (χ0v) is 10.8. The number of ether oxygens (including phenoxy) is 2. The van der Waals surface area contributed by atoms with Gasteiger partial charge in [-0.05, 0) is 44.9 Å². The third kappa shape index (κ3) is 8.18. The van der Waals surface area contributed by atoms with Gasteiger partial charge in [-0.2, -0.15) is 5.26 Å². The minimum Gasteiger partial charge on any atom is -0.381 e. The molecule has 0 aromatic heterocycles. The summed E-state index contributed by atoms with van der Waals surface area (Å²) in [7, 11) is 0. The lowest BCUT2D eigenvalue weighted by atomic mass is 10.1. The summed E-state index contributed by atoms with van der Waals surface area (Å²) >= 11 is 0. The van der Waals surface area contributed by atoms with Crippen LogP contribution in [0.2, 0.25) is 0 Å². The van der Waals surface area contributed by atoms with Crippen LogP contribution in [0, 0.1) is 11.3 Å². The predicted molar refractivity (Wildman–Crippen MR) is 67.7 cm³/mol. The molecule has 0 radical (unpaired) electrons. The molecule has 1 saturated heterocycles. The van der Waals surface area contributed by atoms with Gasteiger partial charge in [-0.1, -0.05) is 6.42 Å². The summed E-state index contributed by atoms with van der Waals surface area (Å²) in [5.74, 6) is 0. The first-order valence-corrected chi connectivity index (χ1v) is 7.00. The van der Waals surface area contributed by atoms with Gasteiger partial charge in [0.15, 0.2) is 0 Å². The second kappa shape index (κ2) is 10.6. The Hall–Kier alpha value is -0.590. The van der Waals surface area contributed by atoms with E-state index in [4.69, 9.17) is 14.7 Å². The summed E-state index contributed by atoms with van der Waals surface area (Å²) < 4.78 is 11.2. The van der Waals surface area contributed by atoms with Crippen LogP contribution in [0.1, 0.15) is 57.8 Å². The Labute approximate surface area is 105 Å². The normalized spacial score (nSPS) is 20.1. The van der Waals surface area contributed by atoms with Crippen LogP contribution in [0.15, 0.2) is 0 Å². The predicted octanol–water partition coefficient (Wildman–Crippen LogP) is 3.44. The van der Waals surface area contributed by atoms with Crippen molar-refractivity contribution in [1.29, 1.82) is 5.26 Å². The van der Waals surface area contributed by atoms with Crippen LogP contribution < -0.4 is 0 Å². The molecular formula is C14H25NO2. The van der Waals surface area contributed by atoms with E-state index in [0.717, 1.165) is 51.9 Å². The summed E-state index contributed by atoms with van der Waals surface area (Å²) in [6, 6.07) is 2.16. The van der Waals surface area contributed by atoms with Gasteiger partial charge in [-0.25, -0.2) is 0 Å². The highest BCUT2D eigenvalue weighted by molar-refractivity contribution is 4.67. The molecule has 1 atom stereocenters. The van der Waals surface area contributed by atoms with Crippen molar-refractivity contribution in [2.24, 2.45) is 0 Å². The van der Waals surface area contributed by atoms with Crippen molar-refractivity contribution < 1.29 is 9.47 Å². The molecule has 1 aliphatic heterocycles. The summed E-state index contributed by atoms with van der Waals surface area (Å²) in [4.78, 5) is 0. The van der Waals surface area contributed by atoms with E-state index in [9.17, 15) is 0 Å². The van der Waals surface area contributed by atoms with Gasteiger partial charge >= 0.3 is 0 Å². The van der Waals surface area contributed by atoms with Crippen molar-refractivity contribution >= 4 is 0 Å². The zero-order chi connectivity index (χ0) is 12.2. The molecule has 0 N–H and O–H groups in total. The molecular weight excluding hydrogens is 214 g/mol. The number of rotatable bonds is 9. The molecule has 1 fully saturated rings. The molecule has 0 bridgehead atoms. The molecule has 0 aromatic rings. The summed E-state index contributed by atoms with van der Waals surface area (Å²) in [5.41, 5.74) is 0. The Balaban J connectivity index is 1.76. The monoisotopic (exact) mass is 239 g/mol. The third-order valence-corrected chi connectivity index (χ3v) is 3.17. The Bertz CT molecular complexity index is 207. The van der Waals surface area contributed by atoms with Crippen molar-refractivity contribution in [3.63, 3.8) is 0 Å². The average molecular weight is 239 g/mol. The Morgan fingerprint density at radius 3 is 2.76 bits per heavy atom. The molecule has 3 heteroatoms. The van der Waals surface area contributed by atoms with E-state index in [1.165, 1.54) is 19.3 Å². The number of nitrogens with zero attached hydrogens (tertiary/aromatic N) is 1. The van der Waals surface area contributed by atoms with Gasteiger partial charge in [0.1, 0.15) is 0 Å². The molecule has 1 unspecified atom stereocenters. The van der Waals surface area contributed by atoms with Crippen molar-refractivity contribution in [3.8, 4) is 6.07 Å². The highest BCUT2D eigenvalue weighted by Crippen LogP contribution is 2.16. The van der Waals surface area contributed by atoms with Crippen LogP contribution in [0.3, 0.4) is 0 Å². The molecule has 0 amide bonds. The Morgan fingerprint density at radius 2 is 2.00 bits per heavy atom. The molecule has 0 aromatic carbocycles. The van der Waals surface area contributed by atoms with Crippen molar-refractivity contribution in [2.75, 3.05) is 19.8 Å². The summed E-state index contributed by atoms with van der Waals surface area (Å²) in [6.07, 6.45) is 10.4. The van der Waals surface area contributed by atoms with Crippen LogP contribution in [-0.2, 0) is 9.47 Å². The van der Waals surface area contributed by atoms with Crippen LogP contribution in [0.25, 0.3) is 0 Å². The van der Waals surface area contributed by atoms with Crippen LogP contribution in [-0.4, -0.2) is 25.9 Å². The van der Waals surface area contributed by atoms with Gasteiger partial charge in [-0.3, -0.25) is 0 Å². The van der Waals surface area contributed by atoms with Crippen molar-refractivity contribution in [2.45, 2.75) is 63.9 Å². The fourth-order valence-electron chi connectivity index (χ4n) is 2.14. The molecule has 1 aliphatic rings. The molecule has 17 heavy (non-hydrogen) atoms. The molecule has 0 saturated carbocycles. The highest BCUT2D eigenvalue weighted by atomic mass is 16.5. The maximum absolute atomic E-state index is 8.37. The average Bonchev–Trinajstić information content (AvgIpc) is 2.38. The summed E-state index contributed by atoms with van der Waals surface area (Å²) in [5, 5.41) is 8.37. The molecule has 98 valence electrons. The second-order valence-electron chi connectivity index (χ2n) is 4.71. The fraction of sp³-hybridized carbons (Fsp3) is 0.929. The van der Waals surface area contributed by atoms with Gasteiger partial charge < -0.3 is 9.47 Å². The van der Waals surface area contributed by atoms with E-state index in [0.29, 0.717) is 12.5 Å². The first-order chi connectivity index (χ1) is 8.43. The van der Waals surface area contributed by atoms with Crippen LogP contribution in [0.4, 0.5) is 0 Å². The van der Waals surface area contributed by atoms with Crippen molar-refractivity contribution in [3.05, 3.63) is 0 Å². The van der Waals surface area contributed by atoms with Gasteiger partial charge in [-0.15, -0.1) is 0 Å². The standard InChI is InChI=1S/C14H25NO2/c15-10-4-1-2-5-11-16-12-7-9-14-8-3-6-13-17-14/h14H,1-9,11-13H2. The highest BCUT2D eigenvalue weighted by Gasteiger charge is 2.12. The first-order valence-electron chi connectivity index (χ1n) is 7.00. The number of unbranched alkanes of at least 4 members (excludes halogenated alkanes) is 3. The number of nitriles is 1. The maximum Gasteiger partial charge on any atom is 0.0621 e. The van der Waals surface area contributed by atoms with E-state index in [-0.39, 0.29) is 0 Å². The molecule has 0 spiro atoms. The largest absolute Gasteiger partial charge is 0.381 e.